The molecule has 1 saturated carbocycles. The molecule has 3 rings (SSSR count). The van der Waals surface area contributed by atoms with Crippen LogP contribution in [0.1, 0.15) is 32.1 Å². The largest absolute Gasteiger partial charge is 0.368 e. The number of fused-ring (bicyclic) bond motifs is 1. The molecule has 0 radical (unpaired) electrons. The number of hydrogen-bond acceptors (Lipinski definition) is 5. The highest BCUT2D eigenvalue weighted by molar-refractivity contribution is 5.83. The molecule has 4 N–H and O–H groups in total. The second-order valence-corrected chi connectivity index (χ2v) is 4.92. The van der Waals surface area contributed by atoms with E-state index in [1.54, 1.807) is 6.33 Å². The first-order valence-electron chi connectivity index (χ1n) is 6.53. The predicted octanol–water partition coefficient (Wildman–Crippen LogP) is 1.93. The van der Waals surface area contributed by atoms with Crippen molar-refractivity contribution in [3.05, 3.63) is 6.33 Å². The first-order chi connectivity index (χ1) is 8.83. The van der Waals surface area contributed by atoms with E-state index in [2.05, 4.69) is 25.3 Å². The molecule has 0 amide bonds. The first kappa shape index (κ1) is 11.3. The summed E-state index contributed by atoms with van der Waals surface area (Å²) in [7, 11) is 0. The number of aromatic amines is 1. The number of rotatable bonds is 3. The molecule has 1 fully saturated rings. The lowest BCUT2D eigenvalue weighted by atomic mass is 9.89. The van der Waals surface area contributed by atoms with E-state index in [9.17, 15) is 0 Å². The van der Waals surface area contributed by atoms with Gasteiger partial charge in [0, 0.05) is 6.54 Å². The summed E-state index contributed by atoms with van der Waals surface area (Å²) in [5, 5.41) is 3.38. The maximum Gasteiger partial charge on any atom is 0.224 e. The smallest absolute Gasteiger partial charge is 0.224 e. The van der Waals surface area contributed by atoms with Crippen LogP contribution in [0, 0.1) is 5.92 Å². The van der Waals surface area contributed by atoms with E-state index in [1.165, 1.54) is 32.1 Å². The van der Waals surface area contributed by atoms with Crippen molar-refractivity contribution in [2.75, 3.05) is 17.6 Å². The molecule has 6 heteroatoms. The van der Waals surface area contributed by atoms with Crippen LogP contribution in [0.15, 0.2) is 6.33 Å². The fraction of sp³-hybridized carbons (Fsp3) is 0.583. The van der Waals surface area contributed by atoms with Gasteiger partial charge in [0.15, 0.2) is 11.5 Å². The highest BCUT2D eigenvalue weighted by Crippen LogP contribution is 2.25. The van der Waals surface area contributed by atoms with Crippen LogP contribution in [0.4, 0.5) is 11.8 Å². The summed E-state index contributed by atoms with van der Waals surface area (Å²) < 4.78 is 0. The van der Waals surface area contributed by atoms with Crippen molar-refractivity contribution in [1.29, 1.82) is 0 Å². The number of anilines is 2. The number of H-pyrrole nitrogens is 1. The third-order valence-corrected chi connectivity index (χ3v) is 3.59. The number of nitrogens with zero attached hydrogens (tertiary/aromatic N) is 3. The third-order valence-electron chi connectivity index (χ3n) is 3.59. The highest BCUT2D eigenvalue weighted by atomic mass is 15.1. The van der Waals surface area contributed by atoms with Gasteiger partial charge in [0.25, 0.3) is 0 Å². The maximum absolute atomic E-state index is 5.68. The van der Waals surface area contributed by atoms with Crippen LogP contribution in [0.5, 0.6) is 0 Å². The van der Waals surface area contributed by atoms with Crippen LogP contribution in [0.25, 0.3) is 11.2 Å². The summed E-state index contributed by atoms with van der Waals surface area (Å²) in [5.41, 5.74) is 7.13. The SMILES string of the molecule is Nc1nc(NCC2CCCCC2)c2[nH]cnc2n1. The van der Waals surface area contributed by atoms with E-state index < -0.39 is 0 Å². The van der Waals surface area contributed by atoms with E-state index in [0.717, 1.165) is 23.8 Å². The van der Waals surface area contributed by atoms with Gasteiger partial charge in [-0.3, -0.25) is 0 Å². The Morgan fingerprint density at radius 3 is 2.94 bits per heavy atom. The molecule has 0 spiro atoms. The third kappa shape index (κ3) is 2.23. The monoisotopic (exact) mass is 246 g/mol. The number of nitrogen functional groups attached to an aromatic ring is 1. The second-order valence-electron chi connectivity index (χ2n) is 4.92. The van der Waals surface area contributed by atoms with Crippen molar-refractivity contribution in [1.82, 2.24) is 19.9 Å². The van der Waals surface area contributed by atoms with E-state index in [1.807, 2.05) is 0 Å². The standard InChI is InChI=1S/C12H18N6/c13-12-17-10(9-11(18-12)16-7-15-9)14-6-8-4-2-1-3-5-8/h7-8H,1-6H2,(H4,13,14,15,16,17,18). The van der Waals surface area contributed by atoms with Gasteiger partial charge in [-0.15, -0.1) is 0 Å². The maximum atomic E-state index is 5.68. The average Bonchev–Trinajstić information content (AvgIpc) is 2.85. The fourth-order valence-electron chi connectivity index (χ4n) is 2.61. The van der Waals surface area contributed by atoms with Crippen LogP contribution in [-0.4, -0.2) is 26.5 Å². The number of nitrogens with one attached hydrogen (secondary N) is 2. The Morgan fingerprint density at radius 2 is 2.11 bits per heavy atom. The molecule has 2 heterocycles. The lowest BCUT2D eigenvalue weighted by molar-refractivity contribution is 0.373. The van der Waals surface area contributed by atoms with Gasteiger partial charge in [0.1, 0.15) is 5.52 Å². The van der Waals surface area contributed by atoms with Crippen molar-refractivity contribution in [3.8, 4) is 0 Å². The lowest BCUT2D eigenvalue weighted by Crippen LogP contribution is -2.18. The Hall–Kier alpha value is -1.85. The Labute approximate surface area is 105 Å². The number of hydrogen-bond donors (Lipinski definition) is 3. The topological polar surface area (TPSA) is 92.5 Å². The minimum Gasteiger partial charge on any atom is -0.368 e. The van der Waals surface area contributed by atoms with E-state index in [4.69, 9.17) is 5.73 Å². The van der Waals surface area contributed by atoms with Crippen molar-refractivity contribution < 1.29 is 0 Å². The minimum atomic E-state index is 0.265. The molecule has 18 heavy (non-hydrogen) atoms. The van der Waals surface area contributed by atoms with Gasteiger partial charge in [0.2, 0.25) is 5.95 Å². The van der Waals surface area contributed by atoms with Crippen molar-refractivity contribution >= 4 is 22.9 Å². The van der Waals surface area contributed by atoms with Gasteiger partial charge in [-0.05, 0) is 18.8 Å². The van der Waals surface area contributed by atoms with Crippen LogP contribution in [-0.2, 0) is 0 Å². The predicted molar refractivity (Wildman–Crippen MR) is 71.2 cm³/mol. The normalized spacial score (nSPS) is 17.1. The summed E-state index contributed by atoms with van der Waals surface area (Å²) >= 11 is 0. The Kier molecular flexibility index (Phi) is 3.00. The van der Waals surface area contributed by atoms with Crippen LogP contribution in [0.3, 0.4) is 0 Å². The quantitative estimate of drug-likeness (QED) is 0.769. The molecule has 0 aromatic carbocycles. The highest BCUT2D eigenvalue weighted by Gasteiger charge is 2.14. The number of aromatic nitrogens is 4. The molecule has 2 aromatic heterocycles. The average molecular weight is 246 g/mol. The van der Waals surface area contributed by atoms with Gasteiger partial charge in [-0.25, -0.2) is 4.98 Å². The molecule has 96 valence electrons. The zero-order valence-corrected chi connectivity index (χ0v) is 10.3. The molecule has 0 bridgehead atoms. The van der Waals surface area contributed by atoms with E-state index in [-0.39, 0.29) is 5.95 Å². The van der Waals surface area contributed by atoms with Gasteiger partial charge >= 0.3 is 0 Å². The Morgan fingerprint density at radius 1 is 1.28 bits per heavy atom. The summed E-state index contributed by atoms with van der Waals surface area (Å²) in [6, 6.07) is 0. The van der Waals surface area contributed by atoms with E-state index >= 15 is 0 Å². The van der Waals surface area contributed by atoms with Crippen molar-refractivity contribution in [3.63, 3.8) is 0 Å². The second kappa shape index (κ2) is 4.80. The van der Waals surface area contributed by atoms with Crippen LogP contribution in [0.2, 0.25) is 0 Å². The summed E-state index contributed by atoms with van der Waals surface area (Å²) in [6.07, 6.45) is 8.29. The van der Waals surface area contributed by atoms with Gasteiger partial charge < -0.3 is 16.0 Å². The number of imidazole rings is 1. The zero-order chi connectivity index (χ0) is 12.4. The lowest BCUT2D eigenvalue weighted by Gasteiger charge is -2.22. The van der Waals surface area contributed by atoms with E-state index in [0.29, 0.717) is 5.65 Å². The summed E-state index contributed by atoms with van der Waals surface area (Å²) in [6.45, 7) is 0.949. The minimum absolute atomic E-state index is 0.265. The molecule has 0 unspecified atom stereocenters. The van der Waals surface area contributed by atoms with Crippen LogP contribution < -0.4 is 11.1 Å². The molecule has 0 aliphatic heterocycles. The zero-order valence-electron chi connectivity index (χ0n) is 10.3. The Bertz CT molecular complexity index is 528. The molecule has 6 nitrogen and oxygen atoms in total. The molecule has 2 aromatic rings. The Balaban J connectivity index is 1.75. The molecular formula is C12H18N6. The summed E-state index contributed by atoms with van der Waals surface area (Å²) in [4.78, 5) is 15.5. The van der Waals surface area contributed by atoms with Gasteiger partial charge in [-0.2, -0.15) is 9.97 Å². The summed E-state index contributed by atoms with van der Waals surface area (Å²) in [5.74, 6) is 1.77. The molecule has 0 saturated heterocycles. The van der Waals surface area contributed by atoms with Gasteiger partial charge in [0.05, 0.1) is 6.33 Å². The molecule has 1 aliphatic rings. The molecule has 1 aliphatic carbocycles. The molecular weight excluding hydrogens is 228 g/mol. The molecule has 0 atom stereocenters. The fourth-order valence-corrected chi connectivity index (χ4v) is 2.61. The first-order valence-corrected chi connectivity index (χ1v) is 6.53. The number of nitrogens with two attached hydrogens (primary N) is 1. The van der Waals surface area contributed by atoms with Crippen molar-refractivity contribution in [2.45, 2.75) is 32.1 Å². The van der Waals surface area contributed by atoms with Crippen LogP contribution >= 0.6 is 0 Å². The van der Waals surface area contributed by atoms with Gasteiger partial charge in [-0.1, -0.05) is 19.3 Å². The van der Waals surface area contributed by atoms with Crippen molar-refractivity contribution in [2.24, 2.45) is 5.92 Å².